The molecule has 0 unspecified atom stereocenters. The van der Waals surface area contributed by atoms with Crippen LogP contribution >= 0.6 is 22.7 Å². The highest BCUT2D eigenvalue weighted by Crippen LogP contribution is 2.46. The Balaban J connectivity index is 0.899. The molecule has 13 rings (SSSR count). The van der Waals surface area contributed by atoms with Crippen LogP contribution in [-0.2, 0) is 6.42 Å². The molecular weight excluding hydrogens is 813 g/mol. The van der Waals surface area contributed by atoms with Gasteiger partial charge in [-0.1, -0.05) is 152 Å². The van der Waals surface area contributed by atoms with Gasteiger partial charge in [-0.15, -0.1) is 22.7 Å². The van der Waals surface area contributed by atoms with Gasteiger partial charge in [0, 0.05) is 68.7 Å². The molecule has 3 heterocycles. The van der Waals surface area contributed by atoms with Gasteiger partial charge >= 0.3 is 0 Å². The van der Waals surface area contributed by atoms with Crippen LogP contribution in [-0.4, -0.2) is 4.98 Å². The normalized spacial score (nSPS) is 12.7. The van der Waals surface area contributed by atoms with Gasteiger partial charge in [0.2, 0.25) is 0 Å². The second-order valence-electron chi connectivity index (χ2n) is 16.8. The largest absolute Gasteiger partial charge is 0.354 e. The molecule has 0 radical (unpaired) electrons. The SMILES string of the molecule is C1=C(c2cccc3[nH]c4c(-c5ccccc5)cccc4c23)CCc2c1sc1cc(N(c3ccc(-c4ccccc4)cc3)c3ccc(-c4cccc5sc6ccccc6c45)cc3)ccc21. The maximum absolute atomic E-state index is 3.81. The molecule has 1 aliphatic rings. The Morgan fingerprint density at radius 3 is 1.81 bits per heavy atom. The maximum Gasteiger partial charge on any atom is 0.0544 e. The summed E-state index contributed by atoms with van der Waals surface area (Å²) in [5.74, 6) is 0. The van der Waals surface area contributed by atoms with Crippen LogP contribution < -0.4 is 4.90 Å². The van der Waals surface area contributed by atoms with Crippen LogP contribution in [0.25, 0.3) is 97.1 Å². The molecule has 64 heavy (non-hydrogen) atoms. The number of aromatic amines is 1. The topological polar surface area (TPSA) is 19.0 Å². The van der Waals surface area contributed by atoms with E-state index in [9.17, 15) is 0 Å². The Morgan fingerprint density at radius 2 is 1.00 bits per heavy atom. The van der Waals surface area contributed by atoms with Crippen molar-refractivity contribution in [2.24, 2.45) is 0 Å². The third-order valence-electron chi connectivity index (χ3n) is 13.2. The van der Waals surface area contributed by atoms with E-state index in [1.807, 2.05) is 22.7 Å². The van der Waals surface area contributed by atoms with Gasteiger partial charge in [0.25, 0.3) is 0 Å². The first-order chi connectivity index (χ1) is 31.7. The van der Waals surface area contributed by atoms with Crippen LogP contribution in [0, 0.1) is 0 Å². The fraction of sp³-hybridized carbons (Fsp3) is 0.0333. The quantitative estimate of drug-likeness (QED) is 0.169. The Labute approximate surface area is 379 Å². The van der Waals surface area contributed by atoms with Gasteiger partial charge in [-0.05, 0) is 123 Å². The van der Waals surface area contributed by atoms with Gasteiger partial charge in [-0.2, -0.15) is 0 Å². The van der Waals surface area contributed by atoms with Crippen molar-refractivity contribution in [1.82, 2.24) is 4.98 Å². The standard InChI is InChI=1S/C60H40N2S2/c1-3-12-38(13-4-1)39-24-29-43(30-25-39)62(44-31-26-41(27-32-44)46-18-11-23-55-59(46)51-16-7-8-22-54(51)63-55)45-33-35-50-49-34-28-42(36-56(49)64-57(50)37-45)47-17-10-21-53-58(47)52-20-9-19-48(60(52)61-53)40-14-5-2-6-15-40/h1-27,29-33,35-37,61H,28,34H2. The average Bonchev–Trinajstić information content (AvgIpc) is 4.06. The fourth-order valence-electron chi connectivity index (χ4n) is 10.2. The summed E-state index contributed by atoms with van der Waals surface area (Å²) in [5, 5.41) is 6.62. The van der Waals surface area contributed by atoms with Crippen LogP contribution in [0.5, 0.6) is 0 Å². The summed E-state index contributed by atoms with van der Waals surface area (Å²) >= 11 is 3.79. The summed E-state index contributed by atoms with van der Waals surface area (Å²) in [5.41, 5.74) is 17.4. The van der Waals surface area contributed by atoms with E-state index in [0.717, 1.165) is 29.9 Å². The number of rotatable bonds is 7. The highest BCUT2D eigenvalue weighted by atomic mass is 32.1. The number of aryl methyl sites for hydroxylation is 1. The molecule has 0 aliphatic heterocycles. The van der Waals surface area contributed by atoms with E-state index in [4.69, 9.17) is 0 Å². The van der Waals surface area contributed by atoms with Crippen molar-refractivity contribution in [2.75, 3.05) is 4.90 Å². The van der Waals surface area contributed by atoms with Crippen LogP contribution in [0.2, 0.25) is 0 Å². The van der Waals surface area contributed by atoms with E-state index in [2.05, 4.69) is 222 Å². The summed E-state index contributed by atoms with van der Waals surface area (Å²) in [6, 6.07) is 75.6. The van der Waals surface area contributed by atoms with Crippen LogP contribution in [0.4, 0.5) is 17.1 Å². The monoisotopic (exact) mass is 852 g/mol. The molecule has 9 aromatic carbocycles. The summed E-state index contributed by atoms with van der Waals surface area (Å²) in [7, 11) is 0. The number of fused-ring (bicyclic) bond motifs is 9. The number of nitrogens with zero attached hydrogens (tertiary/aromatic N) is 1. The number of anilines is 3. The van der Waals surface area contributed by atoms with E-state index >= 15 is 0 Å². The summed E-state index contributed by atoms with van der Waals surface area (Å²) in [6.07, 6.45) is 4.51. The zero-order valence-electron chi connectivity index (χ0n) is 34.9. The van der Waals surface area contributed by atoms with Gasteiger partial charge in [0.1, 0.15) is 0 Å². The Kier molecular flexibility index (Phi) is 8.75. The van der Waals surface area contributed by atoms with E-state index in [0.29, 0.717) is 0 Å². The van der Waals surface area contributed by atoms with Crippen molar-refractivity contribution in [3.63, 3.8) is 0 Å². The predicted octanol–water partition coefficient (Wildman–Crippen LogP) is 17.9. The lowest BCUT2D eigenvalue weighted by Crippen LogP contribution is -2.09. The number of aromatic nitrogens is 1. The van der Waals surface area contributed by atoms with Crippen molar-refractivity contribution in [1.29, 1.82) is 0 Å². The summed E-state index contributed by atoms with van der Waals surface area (Å²) in [4.78, 5) is 7.60. The first-order valence-electron chi connectivity index (χ1n) is 22.0. The van der Waals surface area contributed by atoms with Crippen molar-refractivity contribution in [3.05, 3.63) is 222 Å². The molecule has 3 aromatic heterocycles. The minimum Gasteiger partial charge on any atom is -0.354 e. The van der Waals surface area contributed by atoms with Gasteiger partial charge < -0.3 is 9.88 Å². The number of para-hydroxylation sites is 1. The first-order valence-corrected chi connectivity index (χ1v) is 23.7. The molecule has 0 bridgehead atoms. The smallest absolute Gasteiger partial charge is 0.0544 e. The third-order valence-corrected chi connectivity index (χ3v) is 15.5. The van der Waals surface area contributed by atoms with Crippen LogP contribution in [0.3, 0.4) is 0 Å². The number of allylic oxidation sites excluding steroid dienone is 1. The zero-order valence-corrected chi connectivity index (χ0v) is 36.5. The minimum atomic E-state index is 1.01. The maximum atomic E-state index is 3.81. The van der Waals surface area contributed by atoms with Crippen molar-refractivity contribution in [2.45, 2.75) is 12.8 Å². The Hall–Kier alpha value is -7.50. The van der Waals surface area contributed by atoms with Gasteiger partial charge in [-0.25, -0.2) is 0 Å². The Bertz CT molecular complexity index is 3760. The van der Waals surface area contributed by atoms with Gasteiger partial charge in [0.15, 0.2) is 0 Å². The second-order valence-corrected chi connectivity index (χ2v) is 19.0. The summed E-state index contributed by atoms with van der Waals surface area (Å²) < 4.78 is 3.97. The fourth-order valence-corrected chi connectivity index (χ4v) is 12.5. The molecule has 2 nitrogen and oxygen atoms in total. The molecule has 12 aromatic rings. The molecule has 1 aliphatic carbocycles. The molecule has 302 valence electrons. The van der Waals surface area contributed by atoms with Gasteiger partial charge in [0.05, 0.1) is 5.52 Å². The molecule has 0 saturated heterocycles. The average molecular weight is 853 g/mol. The number of benzene rings is 9. The molecule has 0 fully saturated rings. The number of nitrogens with one attached hydrogen (secondary N) is 1. The molecule has 0 saturated carbocycles. The van der Waals surface area contributed by atoms with Crippen LogP contribution in [0.15, 0.2) is 206 Å². The number of H-pyrrole nitrogens is 1. The molecular formula is C60H40N2S2. The van der Waals surface area contributed by atoms with Crippen molar-refractivity contribution < 1.29 is 0 Å². The van der Waals surface area contributed by atoms with E-state index in [-0.39, 0.29) is 0 Å². The lowest BCUT2D eigenvalue weighted by molar-refractivity contribution is 1.02. The molecule has 0 atom stereocenters. The highest BCUT2D eigenvalue weighted by Gasteiger charge is 2.22. The molecule has 4 heteroatoms. The van der Waals surface area contributed by atoms with Gasteiger partial charge in [-0.3, -0.25) is 0 Å². The molecule has 1 N–H and O–H groups in total. The predicted molar refractivity (Wildman–Crippen MR) is 278 cm³/mol. The van der Waals surface area contributed by atoms with Crippen molar-refractivity contribution in [3.8, 4) is 33.4 Å². The van der Waals surface area contributed by atoms with Crippen molar-refractivity contribution >= 4 is 103 Å². The Morgan fingerprint density at radius 1 is 0.391 bits per heavy atom. The number of hydrogen-bond donors (Lipinski definition) is 1. The molecule has 0 spiro atoms. The second kappa shape index (κ2) is 15.1. The first kappa shape index (κ1) is 37.1. The van der Waals surface area contributed by atoms with E-state index in [1.165, 1.54) is 107 Å². The number of thiophene rings is 2. The lowest BCUT2D eigenvalue weighted by Gasteiger charge is -2.26. The van der Waals surface area contributed by atoms with E-state index < -0.39 is 0 Å². The summed E-state index contributed by atoms with van der Waals surface area (Å²) in [6.45, 7) is 0. The minimum absolute atomic E-state index is 1.01. The third kappa shape index (κ3) is 6.13. The lowest BCUT2D eigenvalue weighted by atomic mass is 9.89. The highest BCUT2D eigenvalue weighted by molar-refractivity contribution is 7.26. The zero-order chi connectivity index (χ0) is 42.1. The molecule has 0 amide bonds. The van der Waals surface area contributed by atoms with Crippen LogP contribution in [0.1, 0.15) is 22.4 Å². The van der Waals surface area contributed by atoms with E-state index in [1.54, 1.807) is 0 Å². The number of hydrogen-bond acceptors (Lipinski definition) is 3.